The van der Waals surface area contributed by atoms with E-state index in [9.17, 15) is 4.79 Å². The molecule has 1 aromatic heterocycles. The van der Waals surface area contributed by atoms with Gasteiger partial charge in [-0.05, 0) is 37.6 Å². The number of fused-ring (bicyclic) bond motifs is 3. The lowest BCUT2D eigenvalue weighted by atomic mass is 9.99. The van der Waals surface area contributed by atoms with Crippen LogP contribution in [-0.2, 0) is 11.2 Å². The summed E-state index contributed by atoms with van der Waals surface area (Å²) in [6, 6.07) is 5.73. The lowest BCUT2D eigenvalue weighted by Crippen LogP contribution is -2.50. The van der Waals surface area contributed by atoms with E-state index < -0.39 is 0 Å². The quantitative estimate of drug-likeness (QED) is 0.919. The lowest BCUT2D eigenvalue weighted by molar-refractivity contribution is -0.124. The number of nitrogens with zero attached hydrogens (tertiary/aromatic N) is 2. The van der Waals surface area contributed by atoms with E-state index in [1.807, 2.05) is 18.2 Å². The zero-order valence-corrected chi connectivity index (χ0v) is 14.4. The second-order valence-electron chi connectivity index (χ2n) is 6.84. The van der Waals surface area contributed by atoms with Crippen molar-refractivity contribution in [2.45, 2.75) is 37.8 Å². The minimum Gasteiger partial charge on any atom is -0.497 e. The maximum atomic E-state index is 11.7. The van der Waals surface area contributed by atoms with Gasteiger partial charge in [-0.2, -0.15) is 0 Å². The summed E-state index contributed by atoms with van der Waals surface area (Å²) in [6.07, 6.45) is 5.63. The van der Waals surface area contributed by atoms with E-state index in [1.165, 1.54) is 5.56 Å². The highest BCUT2D eigenvalue weighted by Gasteiger charge is 2.32. The fraction of sp³-hybridized carbons (Fsp3) is 0.474. The number of benzene rings is 1. The van der Waals surface area contributed by atoms with Crippen molar-refractivity contribution in [1.29, 1.82) is 0 Å². The van der Waals surface area contributed by atoms with Crippen molar-refractivity contribution in [2.24, 2.45) is 5.73 Å². The average Bonchev–Trinajstić information content (AvgIpc) is 3.04. The fourth-order valence-corrected chi connectivity index (χ4v) is 3.99. The van der Waals surface area contributed by atoms with Crippen molar-refractivity contribution in [3.63, 3.8) is 0 Å². The number of nitrogens with two attached hydrogens (primary N) is 1. The van der Waals surface area contributed by atoms with Crippen molar-refractivity contribution in [3.8, 4) is 11.5 Å². The van der Waals surface area contributed by atoms with Gasteiger partial charge >= 0.3 is 0 Å². The summed E-state index contributed by atoms with van der Waals surface area (Å²) in [4.78, 5) is 18.4. The number of likely N-dealkylation sites (tertiary alicyclic amines) is 1. The number of hydrogen-bond acceptors (Lipinski definition) is 5. The molecule has 1 amide bonds. The maximum Gasteiger partial charge on any atom is 0.234 e. The Morgan fingerprint density at radius 3 is 3.12 bits per heavy atom. The molecule has 0 saturated carbocycles. The van der Waals surface area contributed by atoms with E-state index in [1.54, 1.807) is 13.3 Å². The van der Waals surface area contributed by atoms with Gasteiger partial charge in [-0.1, -0.05) is 6.42 Å². The molecule has 2 unspecified atom stereocenters. The number of hydrogen-bond donors (Lipinski definition) is 1. The van der Waals surface area contributed by atoms with Gasteiger partial charge in [0, 0.05) is 23.9 Å². The SMILES string of the molecule is COc1ccc2ncc3c(c2c1)CC(CN1CCCCC1C(N)=O)O3. The molecule has 132 valence electrons. The first-order valence-corrected chi connectivity index (χ1v) is 8.81. The monoisotopic (exact) mass is 341 g/mol. The molecule has 1 saturated heterocycles. The van der Waals surface area contributed by atoms with E-state index in [0.29, 0.717) is 6.54 Å². The van der Waals surface area contributed by atoms with Crippen LogP contribution in [0.5, 0.6) is 11.5 Å². The Morgan fingerprint density at radius 1 is 1.44 bits per heavy atom. The number of amides is 1. The Hall–Kier alpha value is -2.34. The normalized spacial score (nSPS) is 23.2. The summed E-state index contributed by atoms with van der Waals surface area (Å²) in [5.41, 5.74) is 7.69. The molecule has 1 aromatic carbocycles. The highest BCUT2D eigenvalue weighted by atomic mass is 16.5. The predicted octanol–water partition coefficient (Wildman–Crippen LogP) is 1.89. The minimum atomic E-state index is -0.230. The van der Waals surface area contributed by atoms with Crippen LogP contribution in [0.1, 0.15) is 24.8 Å². The minimum absolute atomic E-state index is 0.0218. The van der Waals surface area contributed by atoms with Gasteiger partial charge in [-0.25, -0.2) is 0 Å². The molecular formula is C19H23N3O3. The first-order valence-electron chi connectivity index (χ1n) is 8.81. The lowest BCUT2D eigenvalue weighted by Gasteiger charge is -2.34. The molecule has 6 nitrogen and oxygen atoms in total. The van der Waals surface area contributed by atoms with Crippen LogP contribution >= 0.6 is 0 Å². The van der Waals surface area contributed by atoms with Crippen LogP contribution in [0.25, 0.3) is 10.9 Å². The molecule has 2 N–H and O–H groups in total. The Kier molecular flexibility index (Phi) is 4.21. The van der Waals surface area contributed by atoms with Gasteiger partial charge in [0.05, 0.1) is 24.9 Å². The van der Waals surface area contributed by atoms with E-state index >= 15 is 0 Å². The fourth-order valence-electron chi connectivity index (χ4n) is 3.99. The summed E-state index contributed by atoms with van der Waals surface area (Å²) in [5, 5.41) is 1.07. The molecule has 2 aromatic rings. The molecule has 0 bridgehead atoms. The third-order valence-electron chi connectivity index (χ3n) is 5.25. The zero-order chi connectivity index (χ0) is 17.4. The number of aromatic nitrogens is 1. The number of ether oxygens (including phenoxy) is 2. The Balaban J connectivity index is 1.56. The maximum absolute atomic E-state index is 11.7. The van der Waals surface area contributed by atoms with E-state index in [4.69, 9.17) is 15.2 Å². The number of primary amides is 1. The summed E-state index contributed by atoms with van der Waals surface area (Å²) >= 11 is 0. The number of carbonyl (C=O) groups is 1. The Labute approximate surface area is 146 Å². The van der Waals surface area contributed by atoms with Crippen LogP contribution in [0.4, 0.5) is 0 Å². The van der Waals surface area contributed by atoms with E-state index in [0.717, 1.165) is 54.6 Å². The molecule has 25 heavy (non-hydrogen) atoms. The number of pyridine rings is 1. The van der Waals surface area contributed by atoms with Gasteiger partial charge in [-0.3, -0.25) is 14.7 Å². The Bertz CT molecular complexity index is 808. The zero-order valence-electron chi connectivity index (χ0n) is 14.4. The number of methoxy groups -OCH3 is 1. The Morgan fingerprint density at radius 2 is 2.32 bits per heavy atom. The number of rotatable bonds is 4. The smallest absolute Gasteiger partial charge is 0.234 e. The van der Waals surface area contributed by atoms with Crippen LogP contribution in [0.2, 0.25) is 0 Å². The summed E-state index contributed by atoms with van der Waals surface area (Å²) in [5.74, 6) is 1.42. The second kappa shape index (κ2) is 6.52. The van der Waals surface area contributed by atoms with E-state index in [2.05, 4.69) is 9.88 Å². The largest absolute Gasteiger partial charge is 0.497 e. The van der Waals surface area contributed by atoms with Gasteiger partial charge in [0.25, 0.3) is 0 Å². The van der Waals surface area contributed by atoms with Crippen LogP contribution in [-0.4, -0.2) is 48.1 Å². The highest BCUT2D eigenvalue weighted by Crippen LogP contribution is 2.36. The third kappa shape index (κ3) is 3.02. The predicted molar refractivity (Wildman–Crippen MR) is 94.8 cm³/mol. The molecule has 0 spiro atoms. The summed E-state index contributed by atoms with van der Waals surface area (Å²) < 4.78 is 11.5. The summed E-state index contributed by atoms with van der Waals surface area (Å²) in [7, 11) is 1.66. The molecule has 4 rings (SSSR count). The standard InChI is InChI=1S/C19H23N3O3/c1-24-12-5-6-16-14(8-12)15-9-13(25-18(15)10-21-16)11-22-7-3-2-4-17(22)19(20)23/h5-6,8,10,13,17H,2-4,7,9,11H2,1H3,(H2,20,23). The van der Waals surface area contributed by atoms with Crippen LogP contribution in [0, 0.1) is 0 Å². The summed E-state index contributed by atoms with van der Waals surface area (Å²) in [6.45, 7) is 1.62. The van der Waals surface area contributed by atoms with E-state index in [-0.39, 0.29) is 18.1 Å². The molecule has 1 fully saturated rings. The first kappa shape index (κ1) is 16.1. The second-order valence-corrected chi connectivity index (χ2v) is 6.84. The molecule has 2 aliphatic heterocycles. The number of carbonyl (C=O) groups excluding carboxylic acids is 1. The molecule has 2 aliphatic rings. The molecular weight excluding hydrogens is 318 g/mol. The molecule has 3 heterocycles. The van der Waals surface area contributed by atoms with Crippen LogP contribution in [0.15, 0.2) is 24.4 Å². The topological polar surface area (TPSA) is 77.7 Å². The van der Waals surface area contributed by atoms with Gasteiger partial charge in [-0.15, -0.1) is 0 Å². The van der Waals surface area contributed by atoms with Gasteiger partial charge in [0.2, 0.25) is 5.91 Å². The third-order valence-corrected chi connectivity index (χ3v) is 5.25. The van der Waals surface area contributed by atoms with Gasteiger partial charge in [0.1, 0.15) is 17.6 Å². The highest BCUT2D eigenvalue weighted by molar-refractivity contribution is 5.86. The molecule has 2 atom stereocenters. The van der Waals surface area contributed by atoms with Crippen molar-refractivity contribution >= 4 is 16.8 Å². The van der Waals surface area contributed by atoms with Crippen molar-refractivity contribution in [3.05, 3.63) is 30.0 Å². The number of piperidine rings is 1. The van der Waals surface area contributed by atoms with Gasteiger partial charge < -0.3 is 15.2 Å². The van der Waals surface area contributed by atoms with Crippen molar-refractivity contribution in [1.82, 2.24) is 9.88 Å². The van der Waals surface area contributed by atoms with Crippen LogP contribution in [0.3, 0.4) is 0 Å². The van der Waals surface area contributed by atoms with Crippen molar-refractivity contribution in [2.75, 3.05) is 20.2 Å². The first-order chi connectivity index (χ1) is 12.2. The van der Waals surface area contributed by atoms with Crippen molar-refractivity contribution < 1.29 is 14.3 Å². The van der Waals surface area contributed by atoms with Gasteiger partial charge in [0.15, 0.2) is 0 Å². The molecule has 0 aliphatic carbocycles. The molecule has 0 radical (unpaired) electrons. The molecule has 6 heteroatoms. The van der Waals surface area contributed by atoms with Crippen LogP contribution < -0.4 is 15.2 Å². The average molecular weight is 341 g/mol.